The molecule has 1 aliphatic carbocycles. The van der Waals surface area contributed by atoms with Crippen molar-refractivity contribution >= 4 is 5.91 Å². The Morgan fingerprint density at radius 1 is 1.17 bits per heavy atom. The molecule has 0 N–H and O–H groups in total. The van der Waals surface area contributed by atoms with Crippen LogP contribution >= 0.6 is 0 Å². The first-order valence-electron chi connectivity index (χ1n) is 7.30. The Morgan fingerprint density at radius 3 is 2.33 bits per heavy atom. The van der Waals surface area contributed by atoms with E-state index in [-0.39, 0.29) is 18.6 Å². The van der Waals surface area contributed by atoms with Gasteiger partial charge in [0, 0.05) is 32.2 Å². The minimum Gasteiger partial charge on any atom is -0.369 e. The zero-order valence-corrected chi connectivity index (χ0v) is 11.7. The average Bonchev–Trinajstić information content (AvgIpc) is 2.90. The van der Waals surface area contributed by atoms with E-state index < -0.39 is 0 Å². The van der Waals surface area contributed by atoms with E-state index in [0.717, 1.165) is 32.2 Å². The summed E-state index contributed by atoms with van der Waals surface area (Å²) in [6.07, 6.45) is 5.60. The zero-order chi connectivity index (χ0) is 13.0. The Labute approximate surface area is 110 Å². The van der Waals surface area contributed by atoms with Crippen molar-refractivity contribution in [3.8, 4) is 0 Å². The fraction of sp³-hybridized carbons (Fsp3) is 0.929. The second-order valence-corrected chi connectivity index (χ2v) is 5.71. The van der Waals surface area contributed by atoms with E-state index in [1.165, 1.54) is 25.7 Å². The van der Waals surface area contributed by atoms with Crippen LogP contribution in [-0.4, -0.2) is 60.6 Å². The number of carbonyl (C=O) groups is 1. The van der Waals surface area contributed by atoms with Crippen LogP contribution in [0.2, 0.25) is 0 Å². The van der Waals surface area contributed by atoms with E-state index >= 15 is 0 Å². The summed E-state index contributed by atoms with van der Waals surface area (Å²) in [4.78, 5) is 16.4. The van der Waals surface area contributed by atoms with Crippen LogP contribution in [0.5, 0.6) is 0 Å². The molecule has 2 fully saturated rings. The van der Waals surface area contributed by atoms with Gasteiger partial charge in [-0.3, -0.25) is 9.69 Å². The van der Waals surface area contributed by atoms with E-state index in [2.05, 4.69) is 4.90 Å². The third kappa shape index (κ3) is 3.69. The molecule has 1 aliphatic heterocycles. The van der Waals surface area contributed by atoms with Gasteiger partial charge in [-0.2, -0.15) is 0 Å². The molecule has 0 aromatic carbocycles. The molecule has 4 heteroatoms. The van der Waals surface area contributed by atoms with Crippen LogP contribution in [0.25, 0.3) is 0 Å². The lowest BCUT2D eigenvalue weighted by Gasteiger charge is -2.38. The van der Waals surface area contributed by atoms with E-state index in [0.29, 0.717) is 0 Å². The first kappa shape index (κ1) is 13.8. The summed E-state index contributed by atoms with van der Waals surface area (Å²) in [7, 11) is 0. The van der Waals surface area contributed by atoms with Crippen LogP contribution in [0.15, 0.2) is 0 Å². The van der Waals surface area contributed by atoms with Gasteiger partial charge in [0.25, 0.3) is 0 Å². The lowest BCUT2D eigenvalue weighted by Crippen LogP contribution is -2.52. The molecule has 1 amide bonds. The van der Waals surface area contributed by atoms with Crippen molar-refractivity contribution in [2.24, 2.45) is 0 Å². The van der Waals surface area contributed by atoms with Gasteiger partial charge in [-0.25, -0.2) is 0 Å². The van der Waals surface area contributed by atoms with Crippen LogP contribution in [-0.2, 0) is 9.53 Å². The topological polar surface area (TPSA) is 32.8 Å². The van der Waals surface area contributed by atoms with Crippen LogP contribution in [0.3, 0.4) is 0 Å². The number of hydrogen-bond donors (Lipinski definition) is 0. The number of nitrogens with zero attached hydrogens (tertiary/aromatic N) is 2. The Morgan fingerprint density at radius 2 is 1.78 bits per heavy atom. The van der Waals surface area contributed by atoms with E-state index in [1.807, 2.05) is 18.7 Å². The summed E-state index contributed by atoms with van der Waals surface area (Å²) in [6, 6.07) is 0.786. The number of ether oxygens (including phenoxy) is 1. The number of piperazine rings is 1. The largest absolute Gasteiger partial charge is 0.369 e. The third-order valence-electron chi connectivity index (χ3n) is 4.05. The first-order chi connectivity index (χ1) is 8.66. The highest BCUT2D eigenvalue weighted by molar-refractivity contribution is 5.77. The molecular formula is C14H26N2O2. The van der Waals surface area contributed by atoms with E-state index in [4.69, 9.17) is 4.74 Å². The molecule has 1 saturated heterocycles. The van der Waals surface area contributed by atoms with Gasteiger partial charge in [0.1, 0.15) is 6.61 Å². The maximum Gasteiger partial charge on any atom is 0.248 e. The molecule has 0 spiro atoms. The van der Waals surface area contributed by atoms with E-state index in [1.54, 1.807) is 0 Å². The second-order valence-electron chi connectivity index (χ2n) is 5.71. The fourth-order valence-electron chi connectivity index (χ4n) is 2.94. The van der Waals surface area contributed by atoms with Gasteiger partial charge in [-0.05, 0) is 26.7 Å². The van der Waals surface area contributed by atoms with Crippen molar-refractivity contribution in [1.82, 2.24) is 9.80 Å². The van der Waals surface area contributed by atoms with Gasteiger partial charge in [-0.15, -0.1) is 0 Å². The molecular weight excluding hydrogens is 228 g/mol. The minimum atomic E-state index is 0.133. The van der Waals surface area contributed by atoms with Gasteiger partial charge in [0.2, 0.25) is 5.91 Å². The van der Waals surface area contributed by atoms with Crippen molar-refractivity contribution in [2.75, 3.05) is 32.8 Å². The number of amides is 1. The summed E-state index contributed by atoms with van der Waals surface area (Å²) in [6.45, 7) is 7.99. The maximum absolute atomic E-state index is 11.9. The molecule has 1 saturated carbocycles. The minimum absolute atomic E-state index is 0.133. The van der Waals surface area contributed by atoms with Crippen LogP contribution < -0.4 is 0 Å². The Bertz CT molecular complexity index is 267. The predicted molar refractivity (Wildman–Crippen MR) is 71.5 cm³/mol. The Kier molecular flexibility index (Phi) is 5.01. The zero-order valence-electron chi connectivity index (χ0n) is 11.7. The van der Waals surface area contributed by atoms with Crippen molar-refractivity contribution in [2.45, 2.75) is 51.7 Å². The molecule has 2 rings (SSSR count). The second kappa shape index (κ2) is 6.53. The predicted octanol–water partition coefficient (Wildman–Crippen LogP) is 1.50. The van der Waals surface area contributed by atoms with Crippen LogP contribution in [0.1, 0.15) is 39.5 Å². The summed E-state index contributed by atoms with van der Waals surface area (Å²) in [5.41, 5.74) is 0. The molecule has 4 nitrogen and oxygen atoms in total. The van der Waals surface area contributed by atoms with Crippen molar-refractivity contribution in [3.63, 3.8) is 0 Å². The molecule has 104 valence electrons. The Hall–Kier alpha value is -0.610. The summed E-state index contributed by atoms with van der Waals surface area (Å²) < 4.78 is 5.38. The van der Waals surface area contributed by atoms with Crippen molar-refractivity contribution < 1.29 is 9.53 Å². The van der Waals surface area contributed by atoms with Gasteiger partial charge in [0.05, 0.1) is 6.10 Å². The Balaban J connectivity index is 1.70. The molecule has 0 atom stereocenters. The summed E-state index contributed by atoms with van der Waals surface area (Å²) in [5.74, 6) is 0.148. The fourth-order valence-corrected chi connectivity index (χ4v) is 2.94. The number of hydrogen-bond acceptors (Lipinski definition) is 3. The lowest BCUT2D eigenvalue weighted by molar-refractivity contribution is -0.139. The molecule has 0 aromatic rings. The molecule has 0 bridgehead atoms. The maximum atomic E-state index is 11.9. The van der Waals surface area contributed by atoms with Crippen LogP contribution in [0.4, 0.5) is 0 Å². The molecule has 0 unspecified atom stereocenters. The third-order valence-corrected chi connectivity index (χ3v) is 4.05. The highest BCUT2D eigenvalue weighted by Crippen LogP contribution is 2.24. The number of rotatable bonds is 4. The standard InChI is InChI=1S/C14H26N2O2/c1-12(2)18-11-14(17)16-9-7-15(8-10-16)13-5-3-4-6-13/h12-13H,3-11H2,1-2H3. The molecule has 2 aliphatic rings. The molecule has 18 heavy (non-hydrogen) atoms. The highest BCUT2D eigenvalue weighted by atomic mass is 16.5. The summed E-state index contributed by atoms with van der Waals surface area (Å²) in [5, 5.41) is 0. The average molecular weight is 254 g/mol. The van der Waals surface area contributed by atoms with Crippen molar-refractivity contribution in [3.05, 3.63) is 0 Å². The number of carbonyl (C=O) groups excluding carboxylic acids is 1. The highest BCUT2D eigenvalue weighted by Gasteiger charge is 2.27. The molecule has 0 aromatic heterocycles. The van der Waals surface area contributed by atoms with Crippen LogP contribution in [0, 0.1) is 0 Å². The monoisotopic (exact) mass is 254 g/mol. The van der Waals surface area contributed by atoms with Gasteiger partial charge >= 0.3 is 0 Å². The smallest absolute Gasteiger partial charge is 0.248 e. The molecule has 1 heterocycles. The van der Waals surface area contributed by atoms with Crippen molar-refractivity contribution in [1.29, 1.82) is 0 Å². The van der Waals surface area contributed by atoms with Gasteiger partial charge in [0.15, 0.2) is 0 Å². The lowest BCUT2D eigenvalue weighted by atomic mass is 10.2. The van der Waals surface area contributed by atoms with Gasteiger partial charge < -0.3 is 9.64 Å². The van der Waals surface area contributed by atoms with Gasteiger partial charge in [-0.1, -0.05) is 12.8 Å². The summed E-state index contributed by atoms with van der Waals surface area (Å²) >= 11 is 0. The first-order valence-corrected chi connectivity index (χ1v) is 7.30. The SMILES string of the molecule is CC(C)OCC(=O)N1CCN(C2CCCC2)CC1. The quantitative estimate of drug-likeness (QED) is 0.762. The normalized spacial score (nSPS) is 22.9. The van der Waals surface area contributed by atoms with E-state index in [9.17, 15) is 4.79 Å². The molecule has 0 radical (unpaired) electrons.